The maximum Gasteiger partial charge on any atom is 0.258 e. The van der Waals surface area contributed by atoms with Gasteiger partial charge in [0.25, 0.3) is 5.91 Å². The molecule has 0 aliphatic carbocycles. The van der Waals surface area contributed by atoms with Gasteiger partial charge in [-0.2, -0.15) is 0 Å². The molecule has 0 aliphatic heterocycles. The number of fused-ring (bicyclic) bond motifs is 1. The van der Waals surface area contributed by atoms with Crippen LogP contribution >= 0.6 is 11.6 Å². The lowest BCUT2D eigenvalue weighted by molar-refractivity contribution is 0.0985. The molecule has 0 saturated heterocycles. The van der Waals surface area contributed by atoms with Crippen molar-refractivity contribution in [2.24, 2.45) is 0 Å². The Balaban J connectivity index is 1.75. The first kappa shape index (κ1) is 16.4. The fourth-order valence-electron chi connectivity index (χ4n) is 2.93. The van der Waals surface area contributed by atoms with Crippen molar-refractivity contribution in [1.82, 2.24) is 9.38 Å². The highest BCUT2D eigenvalue weighted by Crippen LogP contribution is 2.22. The van der Waals surface area contributed by atoms with Gasteiger partial charge in [-0.25, -0.2) is 4.98 Å². The van der Waals surface area contributed by atoms with Crippen molar-refractivity contribution >= 4 is 28.8 Å². The van der Waals surface area contributed by atoms with Crippen LogP contribution in [0.3, 0.4) is 0 Å². The molecule has 0 atom stereocenters. The van der Waals surface area contributed by atoms with Crippen molar-refractivity contribution in [3.05, 3.63) is 101 Å². The molecule has 26 heavy (non-hydrogen) atoms. The van der Waals surface area contributed by atoms with Gasteiger partial charge in [-0.05, 0) is 42.5 Å². The van der Waals surface area contributed by atoms with Gasteiger partial charge in [-0.15, -0.1) is 0 Å². The Morgan fingerprint density at radius 3 is 2.62 bits per heavy atom. The van der Waals surface area contributed by atoms with Crippen molar-refractivity contribution < 1.29 is 4.79 Å². The first-order chi connectivity index (χ1) is 12.7. The highest BCUT2D eigenvalue weighted by molar-refractivity contribution is 6.31. The van der Waals surface area contributed by atoms with E-state index in [-0.39, 0.29) is 5.91 Å². The third-order valence-electron chi connectivity index (χ3n) is 4.20. The number of hydrogen-bond acceptors (Lipinski definition) is 2. The average molecular weight is 362 g/mol. The maximum atomic E-state index is 13.2. The fraction of sp³-hybridized carbons (Fsp3) is 0.0476. The van der Waals surface area contributed by atoms with Crippen LogP contribution in [0.1, 0.15) is 16.1 Å². The van der Waals surface area contributed by atoms with E-state index in [4.69, 9.17) is 11.6 Å². The molecule has 4 aromatic rings. The molecule has 128 valence electrons. The second-order valence-corrected chi connectivity index (χ2v) is 6.35. The number of anilines is 1. The summed E-state index contributed by atoms with van der Waals surface area (Å²) in [5.74, 6) is -0.107. The van der Waals surface area contributed by atoms with E-state index in [2.05, 4.69) is 4.98 Å². The van der Waals surface area contributed by atoms with Crippen LogP contribution in [-0.4, -0.2) is 15.3 Å². The summed E-state index contributed by atoms with van der Waals surface area (Å²) >= 11 is 6.08. The lowest BCUT2D eigenvalue weighted by Crippen LogP contribution is -2.30. The van der Waals surface area contributed by atoms with Gasteiger partial charge in [0, 0.05) is 22.5 Å². The summed E-state index contributed by atoms with van der Waals surface area (Å²) in [6.45, 7) is 0.403. The van der Waals surface area contributed by atoms with Crippen LogP contribution in [0.2, 0.25) is 5.02 Å². The van der Waals surface area contributed by atoms with Crippen LogP contribution in [-0.2, 0) is 6.54 Å². The van der Waals surface area contributed by atoms with Crippen LogP contribution in [0.5, 0.6) is 0 Å². The van der Waals surface area contributed by atoms with E-state index in [0.717, 1.165) is 17.0 Å². The van der Waals surface area contributed by atoms with Gasteiger partial charge in [0.2, 0.25) is 0 Å². The molecule has 5 heteroatoms. The first-order valence-corrected chi connectivity index (χ1v) is 8.63. The van der Waals surface area contributed by atoms with Crippen molar-refractivity contribution in [3.63, 3.8) is 0 Å². The third-order valence-corrected chi connectivity index (χ3v) is 4.43. The zero-order valence-electron chi connectivity index (χ0n) is 13.9. The van der Waals surface area contributed by atoms with Crippen LogP contribution in [0.15, 0.2) is 85.2 Å². The van der Waals surface area contributed by atoms with Crippen LogP contribution in [0.25, 0.3) is 5.65 Å². The van der Waals surface area contributed by atoms with Gasteiger partial charge < -0.3 is 9.30 Å². The number of nitrogens with zero attached hydrogens (tertiary/aromatic N) is 3. The Morgan fingerprint density at radius 1 is 1.00 bits per heavy atom. The minimum atomic E-state index is -0.107. The van der Waals surface area contributed by atoms with Crippen LogP contribution < -0.4 is 4.90 Å². The number of carbonyl (C=O) groups is 1. The molecule has 1 amide bonds. The number of amides is 1. The summed E-state index contributed by atoms with van der Waals surface area (Å²) in [7, 11) is 0. The molecule has 0 N–H and O–H groups in total. The van der Waals surface area contributed by atoms with Gasteiger partial charge in [0.1, 0.15) is 5.65 Å². The van der Waals surface area contributed by atoms with Crippen molar-refractivity contribution in [3.8, 4) is 0 Å². The number of rotatable bonds is 4. The number of carbonyl (C=O) groups excluding carboxylic acids is 1. The quantitative estimate of drug-likeness (QED) is 0.522. The number of pyridine rings is 1. The number of para-hydroxylation sites is 1. The number of imidazole rings is 1. The molecule has 2 aromatic carbocycles. The molecular formula is C21H16ClN3O. The Labute approximate surface area is 156 Å². The summed E-state index contributed by atoms with van der Waals surface area (Å²) in [5.41, 5.74) is 3.16. The molecule has 0 bridgehead atoms. The molecule has 0 saturated carbocycles. The minimum Gasteiger partial charge on any atom is -0.302 e. The van der Waals surface area contributed by atoms with E-state index in [9.17, 15) is 4.79 Å². The highest BCUT2D eigenvalue weighted by Gasteiger charge is 2.20. The zero-order valence-corrected chi connectivity index (χ0v) is 14.7. The second-order valence-electron chi connectivity index (χ2n) is 5.92. The van der Waals surface area contributed by atoms with Gasteiger partial charge in [0.15, 0.2) is 0 Å². The molecule has 2 aromatic heterocycles. The van der Waals surface area contributed by atoms with Crippen LogP contribution in [0.4, 0.5) is 5.69 Å². The topological polar surface area (TPSA) is 37.6 Å². The Bertz CT molecular complexity index is 1060. The van der Waals surface area contributed by atoms with Crippen molar-refractivity contribution in [2.45, 2.75) is 6.54 Å². The standard InChI is InChI=1S/C21H16ClN3O/c22-17-8-6-7-16(13-17)21(26)25(18-9-2-1-3-10-18)15-19-14-23-20-11-4-5-12-24(19)20/h1-14H,15H2. The smallest absolute Gasteiger partial charge is 0.258 e. The maximum absolute atomic E-state index is 13.2. The lowest BCUT2D eigenvalue weighted by atomic mass is 10.1. The van der Waals surface area contributed by atoms with E-state index in [0.29, 0.717) is 17.1 Å². The highest BCUT2D eigenvalue weighted by atomic mass is 35.5. The largest absolute Gasteiger partial charge is 0.302 e. The van der Waals surface area contributed by atoms with E-state index in [1.165, 1.54) is 0 Å². The number of hydrogen-bond donors (Lipinski definition) is 0. The molecule has 2 heterocycles. The summed E-state index contributed by atoms with van der Waals surface area (Å²) in [5, 5.41) is 0.540. The molecule has 0 unspecified atom stereocenters. The summed E-state index contributed by atoms with van der Waals surface area (Å²) < 4.78 is 1.99. The normalized spacial score (nSPS) is 10.8. The van der Waals surface area contributed by atoms with E-state index < -0.39 is 0 Å². The Hall–Kier alpha value is -3.11. The van der Waals surface area contributed by atoms with Gasteiger partial charge >= 0.3 is 0 Å². The number of benzene rings is 2. The first-order valence-electron chi connectivity index (χ1n) is 8.26. The fourth-order valence-corrected chi connectivity index (χ4v) is 3.12. The minimum absolute atomic E-state index is 0.107. The summed E-state index contributed by atoms with van der Waals surface area (Å²) in [6, 6.07) is 22.5. The van der Waals surface area contributed by atoms with Gasteiger partial charge in [-0.3, -0.25) is 4.79 Å². The van der Waals surface area contributed by atoms with Crippen molar-refractivity contribution in [1.29, 1.82) is 0 Å². The van der Waals surface area contributed by atoms with E-state index >= 15 is 0 Å². The SMILES string of the molecule is O=C(c1cccc(Cl)c1)N(Cc1cnc2ccccn12)c1ccccc1. The predicted octanol–water partition coefficient (Wildman–Crippen LogP) is 4.83. The summed E-state index contributed by atoms with van der Waals surface area (Å²) in [6.07, 6.45) is 3.75. The molecule has 0 aliphatic rings. The zero-order chi connectivity index (χ0) is 17.9. The van der Waals surface area contributed by atoms with Gasteiger partial charge in [0.05, 0.1) is 18.4 Å². The second kappa shape index (κ2) is 7.02. The molecule has 4 rings (SSSR count). The summed E-state index contributed by atoms with van der Waals surface area (Å²) in [4.78, 5) is 19.4. The van der Waals surface area contributed by atoms with Gasteiger partial charge in [-0.1, -0.05) is 41.9 Å². The van der Waals surface area contributed by atoms with E-state index in [1.54, 1.807) is 35.4 Å². The molecule has 0 spiro atoms. The van der Waals surface area contributed by atoms with Crippen LogP contribution in [0, 0.1) is 0 Å². The average Bonchev–Trinajstić information content (AvgIpc) is 3.09. The molecule has 0 fully saturated rings. The Morgan fingerprint density at radius 2 is 1.81 bits per heavy atom. The monoisotopic (exact) mass is 361 g/mol. The Kier molecular flexibility index (Phi) is 4.42. The lowest BCUT2D eigenvalue weighted by Gasteiger charge is -2.23. The number of halogens is 1. The molecule has 0 radical (unpaired) electrons. The van der Waals surface area contributed by atoms with Crippen molar-refractivity contribution in [2.75, 3.05) is 4.90 Å². The third kappa shape index (κ3) is 3.19. The predicted molar refractivity (Wildman–Crippen MR) is 104 cm³/mol. The molecular weight excluding hydrogens is 346 g/mol. The van der Waals surface area contributed by atoms with E-state index in [1.807, 2.05) is 59.1 Å². The molecule has 4 nitrogen and oxygen atoms in total. The number of aromatic nitrogens is 2.